The molecule has 0 radical (unpaired) electrons. The Morgan fingerprint density at radius 2 is 1.83 bits per heavy atom. The molecule has 0 bridgehead atoms. The number of aryl methyl sites for hydroxylation is 1. The highest BCUT2D eigenvalue weighted by molar-refractivity contribution is 7.91. The Morgan fingerprint density at radius 1 is 1.23 bits per heavy atom. The minimum absolute atomic E-state index is 0.0106. The van der Waals surface area contributed by atoms with Gasteiger partial charge in [-0.1, -0.05) is 17.7 Å². The molecule has 3 atom stereocenters. The molecule has 1 aliphatic rings. The van der Waals surface area contributed by atoms with E-state index in [1.54, 1.807) is 19.1 Å². The van der Waals surface area contributed by atoms with Crippen molar-refractivity contribution in [1.29, 1.82) is 0 Å². The maximum absolute atomic E-state index is 12.7. The predicted molar refractivity (Wildman–Crippen MR) is 111 cm³/mol. The fraction of sp³-hybridized carbons (Fsp3) is 0.579. The molecule has 1 fully saturated rings. The van der Waals surface area contributed by atoms with Gasteiger partial charge < -0.3 is 9.64 Å². The van der Waals surface area contributed by atoms with Crippen molar-refractivity contribution in [3.8, 4) is 0 Å². The summed E-state index contributed by atoms with van der Waals surface area (Å²) in [7, 11) is -7.11. The molecule has 1 aromatic rings. The summed E-state index contributed by atoms with van der Waals surface area (Å²) in [6.07, 6.45) is -0.831. The van der Waals surface area contributed by atoms with Gasteiger partial charge in [0, 0.05) is 12.6 Å². The first-order valence-corrected chi connectivity index (χ1v) is 13.0. The van der Waals surface area contributed by atoms with Crippen molar-refractivity contribution < 1.29 is 31.2 Å². The number of rotatable bonds is 8. The van der Waals surface area contributed by atoms with Crippen LogP contribution in [0.15, 0.2) is 29.2 Å². The van der Waals surface area contributed by atoms with Crippen molar-refractivity contribution in [3.63, 3.8) is 0 Å². The van der Waals surface area contributed by atoms with Crippen molar-refractivity contribution >= 4 is 31.7 Å². The third-order valence-electron chi connectivity index (χ3n) is 4.93. The van der Waals surface area contributed by atoms with E-state index in [-0.39, 0.29) is 22.9 Å². The number of carbonyl (C=O) groups is 2. The first kappa shape index (κ1) is 24.3. The number of hydrogen-bond donors (Lipinski definition) is 1. The van der Waals surface area contributed by atoms with Gasteiger partial charge in [0.15, 0.2) is 15.9 Å². The van der Waals surface area contributed by atoms with Crippen molar-refractivity contribution in [1.82, 2.24) is 9.62 Å². The number of nitrogens with one attached hydrogen (secondary N) is 1. The Hall–Kier alpha value is -1.98. The lowest BCUT2D eigenvalue weighted by molar-refractivity contribution is -0.160. The number of sulfone groups is 1. The molecule has 1 aliphatic heterocycles. The summed E-state index contributed by atoms with van der Waals surface area (Å²) in [5.41, 5.74) is 0.893. The Balaban J connectivity index is 1.99. The summed E-state index contributed by atoms with van der Waals surface area (Å²) < 4.78 is 55.6. The number of amides is 1. The number of nitrogens with zero attached hydrogens (tertiary/aromatic N) is 1. The number of ether oxygens (including phenoxy) is 1. The van der Waals surface area contributed by atoms with Crippen LogP contribution in [0.4, 0.5) is 0 Å². The number of esters is 1. The van der Waals surface area contributed by atoms with Gasteiger partial charge in [0.1, 0.15) is 6.04 Å². The molecule has 168 valence electrons. The number of sulfonamides is 1. The second-order valence-electron chi connectivity index (χ2n) is 7.42. The topological polar surface area (TPSA) is 127 Å². The van der Waals surface area contributed by atoms with Crippen molar-refractivity contribution in [2.24, 2.45) is 0 Å². The number of likely N-dealkylation sites (N-methyl/N-ethyl adjacent to an activating group) is 1. The molecule has 1 heterocycles. The van der Waals surface area contributed by atoms with Gasteiger partial charge in [0.25, 0.3) is 5.91 Å². The summed E-state index contributed by atoms with van der Waals surface area (Å²) in [6, 6.07) is 4.47. The average Bonchev–Trinajstić information content (AvgIpc) is 3.01. The van der Waals surface area contributed by atoms with Crippen LogP contribution in [0, 0.1) is 6.92 Å². The SMILES string of the molecule is CCN(C(=O)C(C)OC(=O)[C@H](C)NS(=O)(=O)c1ccc(C)cc1)C1CCS(=O)(=O)C1. The maximum Gasteiger partial charge on any atom is 0.324 e. The van der Waals surface area contributed by atoms with Gasteiger partial charge >= 0.3 is 5.97 Å². The van der Waals surface area contributed by atoms with Gasteiger partial charge in [-0.05, 0) is 46.2 Å². The zero-order valence-corrected chi connectivity index (χ0v) is 19.1. The van der Waals surface area contributed by atoms with E-state index in [9.17, 15) is 26.4 Å². The van der Waals surface area contributed by atoms with Gasteiger partial charge in [-0.3, -0.25) is 9.59 Å². The second kappa shape index (κ2) is 9.44. The van der Waals surface area contributed by atoms with Gasteiger partial charge in [-0.15, -0.1) is 0 Å². The Kier molecular flexibility index (Phi) is 7.64. The molecule has 0 spiro atoms. The van der Waals surface area contributed by atoms with Gasteiger partial charge in [0.05, 0.1) is 16.4 Å². The van der Waals surface area contributed by atoms with E-state index in [1.807, 2.05) is 6.92 Å². The van der Waals surface area contributed by atoms with Crippen molar-refractivity contribution in [3.05, 3.63) is 29.8 Å². The third-order valence-corrected chi connectivity index (χ3v) is 8.24. The Labute approximate surface area is 177 Å². The normalized spacial score (nSPS) is 20.3. The second-order valence-corrected chi connectivity index (χ2v) is 11.4. The molecular weight excluding hydrogens is 432 g/mol. The predicted octanol–water partition coefficient (Wildman–Crippen LogP) is 0.629. The molecule has 0 aliphatic carbocycles. The highest BCUT2D eigenvalue weighted by Gasteiger charge is 2.36. The molecule has 11 heteroatoms. The fourth-order valence-corrected chi connectivity index (χ4v) is 6.16. The molecule has 1 saturated heterocycles. The Morgan fingerprint density at radius 3 is 2.33 bits per heavy atom. The van der Waals surface area contributed by atoms with Crippen LogP contribution >= 0.6 is 0 Å². The molecule has 2 rings (SSSR count). The minimum Gasteiger partial charge on any atom is -0.451 e. The van der Waals surface area contributed by atoms with E-state index in [0.29, 0.717) is 6.42 Å². The lowest BCUT2D eigenvalue weighted by atomic mass is 10.2. The van der Waals surface area contributed by atoms with E-state index in [1.165, 1.54) is 30.9 Å². The summed E-state index contributed by atoms with van der Waals surface area (Å²) >= 11 is 0. The van der Waals surface area contributed by atoms with Gasteiger partial charge in [0.2, 0.25) is 10.0 Å². The van der Waals surface area contributed by atoms with Gasteiger partial charge in [-0.2, -0.15) is 4.72 Å². The molecule has 2 unspecified atom stereocenters. The number of carbonyl (C=O) groups excluding carboxylic acids is 2. The van der Waals surface area contributed by atoms with Crippen LogP contribution in [0.2, 0.25) is 0 Å². The van der Waals surface area contributed by atoms with E-state index in [2.05, 4.69) is 4.72 Å². The lowest BCUT2D eigenvalue weighted by Crippen LogP contribution is -2.48. The lowest BCUT2D eigenvalue weighted by Gasteiger charge is -2.29. The molecule has 30 heavy (non-hydrogen) atoms. The van der Waals surface area contributed by atoms with Crippen molar-refractivity contribution in [2.45, 2.75) is 57.2 Å². The molecule has 1 N–H and O–H groups in total. The quantitative estimate of drug-likeness (QED) is 0.564. The largest absolute Gasteiger partial charge is 0.451 e. The van der Waals surface area contributed by atoms with Crippen LogP contribution < -0.4 is 4.72 Å². The Bertz CT molecular complexity index is 988. The van der Waals surface area contributed by atoms with E-state index >= 15 is 0 Å². The number of benzene rings is 1. The highest BCUT2D eigenvalue weighted by atomic mass is 32.2. The molecule has 9 nitrogen and oxygen atoms in total. The van der Waals surface area contributed by atoms with Crippen LogP contribution in [0.5, 0.6) is 0 Å². The monoisotopic (exact) mass is 460 g/mol. The van der Waals surface area contributed by atoms with Crippen LogP contribution in [-0.2, 0) is 34.2 Å². The van der Waals surface area contributed by atoms with Crippen LogP contribution in [0.25, 0.3) is 0 Å². The van der Waals surface area contributed by atoms with Crippen molar-refractivity contribution in [2.75, 3.05) is 18.1 Å². The van der Waals surface area contributed by atoms with Crippen LogP contribution in [0.1, 0.15) is 32.8 Å². The summed E-state index contributed by atoms with van der Waals surface area (Å²) in [5, 5.41) is 0. The fourth-order valence-electron chi connectivity index (χ4n) is 3.24. The molecule has 1 aromatic carbocycles. The third kappa shape index (κ3) is 6.02. The van der Waals surface area contributed by atoms with Crippen LogP contribution in [-0.4, -0.2) is 69.9 Å². The minimum atomic E-state index is -3.94. The van der Waals surface area contributed by atoms with E-state index in [0.717, 1.165) is 5.56 Å². The standard InChI is InChI=1S/C19H28N2O7S2/c1-5-21(16-10-11-29(24,25)12-16)18(22)15(4)28-19(23)14(3)20-30(26,27)17-8-6-13(2)7-9-17/h6-9,14-16,20H,5,10-12H2,1-4H3/t14-,15?,16?/m0/s1. The first-order valence-electron chi connectivity index (χ1n) is 9.66. The molecule has 0 saturated carbocycles. The average molecular weight is 461 g/mol. The van der Waals surface area contributed by atoms with Gasteiger partial charge in [-0.25, -0.2) is 16.8 Å². The first-order chi connectivity index (χ1) is 13.9. The summed E-state index contributed by atoms with van der Waals surface area (Å²) in [4.78, 5) is 26.4. The van der Waals surface area contributed by atoms with E-state index < -0.39 is 49.9 Å². The highest BCUT2D eigenvalue weighted by Crippen LogP contribution is 2.19. The zero-order chi connectivity index (χ0) is 22.7. The van der Waals surface area contributed by atoms with Crippen LogP contribution in [0.3, 0.4) is 0 Å². The van der Waals surface area contributed by atoms with E-state index in [4.69, 9.17) is 4.74 Å². The summed E-state index contributed by atoms with van der Waals surface area (Å²) in [6.45, 7) is 6.52. The molecule has 0 aromatic heterocycles. The zero-order valence-electron chi connectivity index (χ0n) is 17.5. The maximum atomic E-state index is 12.7. The molecule has 1 amide bonds. The smallest absolute Gasteiger partial charge is 0.324 e. The molecular formula is C19H28N2O7S2. The number of hydrogen-bond acceptors (Lipinski definition) is 7. The summed E-state index contributed by atoms with van der Waals surface area (Å²) in [5.74, 6) is -1.50.